The Morgan fingerprint density at radius 3 is 2.50 bits per heavy atom. The lowest BCUT2D eigenvalue weighted by Crippen LogP contribution is -2.41. The van der Waals surface area contributed by atoms with Crippen molar-refractivity contribution in [2.24, 2.45) is 0 Å². The summed E-state index contributed by atoms with van der Waals surface area (Å²) in [5, 5.41) is 7.35. The van der Waals surface area contributed by atoms with Gasteiger partial charge in [-0.05, 0) is 79.3 Å². The van der Waals surface area contributed by atoms with Crippen LogP contribution in [0.1, 0.15) is 12.8 Å². The molecule has 202 valence electrons. The highest BCUT2D eigenvalue weighted by atomic mass is 79.9. The van der Waals surface area contributed by atoms with Gasteiger partial charge in [-0.3, -0.25) is 14.4 Å². The van der Waals surface area contributed by atoms with E-state index in [-0.39, 0.29) is 23.7 Å². The van der Waals surface area contributed by atoms with E-state index in [4.69, 9.17) is 4.84 Å². The molecule has 0 spiro atoms. The third-order valence-electron chi connectivity index (χ3n) is 6.63. The quantitative estimate of drug-likeness (QED) is 0.365. The van der Waals surface area contributed by atoms with E-state index >= 15 is 0 Å². The van der Waals surface area contributed by atoms with Gasteiger partial charge in [-0.2, -0.15) is 4.98 Å². The van der Waals surface area contributed by atoms with E-state index in [0.717, 1.165) is 36.7 Å². The van der Waals surface area contributed by atoms with Gasteiger partial charge in [-0.25, -0.2) is 10.0 Å². The molecular weight excluding hydrogens is 552 g/mol. The van der Waals surface area contributed by atoms with E-state index in [9.17, 15) is 9.59 Å². The number of hydrogen-bond acceptors (Lipinski definition) is 9. The molecule has 0 atom stereocenters. The molecule has 3 heterocycles. The highest BCUT2D eigenvalue weighted by molar-refractivity contribution is 9.10. The van der Waals surface area contributed by atoms with Gasteiger partial charge >= 0.3 is 0 Å². The van der Waals surface area contributed by atoms with Crippen LogP contribution in [0.4, 0.5) is 28.8 Å². The van der Waals surface area contributed by atoms with Crippen molar-refractivity contribution in [1.29, 1.82) is 0 Å². The fourth-order valence-corrected chi connectivity index (χ4v) is 4.56. The molecule has 3 aromatic rings. The number of likely N-dealkylation sites (N-methyl/N-ethyl adjacent to an activating group) is 1. The van der Waals surface area contributed by atoms with Crippen LogP contribution in [0, 0.1) is 0 Å². The Balaban J connectivity index is 1.43. The first-order valence-corrected chi connectivity index (χ1v) is 13.1. The molecule has 0 saturated carbocycles. The summed E-state index contributed by atoms with van der Waals surface area (Å²) in [5.74, 6) is 0.437. The largest absolute Gasteiger partial charge is 0.371 e. The fourth-order valence-electron chi connectivity index (χ4n) is 4.27. The topological polar surface area (TPSA) is 108 Å². The zero-order valence-electron chi connectivity index (χ0n) is 22.0. The van der Waals surface area contributed by atoms with Crippen molar-refractivity contribution in [3.63, 3.8) is 0 Å². The number of nitrogens with one attached hydrogen (secondary N) is 2. The summed E-state index contributed by atoms with van der Waals surface area (Å²) < 4.78 is 1.89. The van der Waals surface area contributed by atoms with Crippen LogP contribution in [-0.2, 0) is 16.2 Å². The standard InChI is InChI=1S/C26H33BrN8O3/c1-32(2)19-11-14-34(15-12-19)20-9-7-18(8-10-20)29-26-28-16-21(27)24(31-26)30-22-6-5-13-35(25(22)37)17-23(36)33(3)38-4/h5-10,13,16,19H,11-12,14-15,17H2,1-4H3,(H2,28,29,30,31). The maximum atomic E-state index is 12.9. The Hall–Kier alpha value is -3.48. The van der Waals surface area contributed by atoms with E-state index in [1.54, 1.807) is 24.5 Å². The number of halogens is 1. The summed E-state index contributed by atoms with van der Waals surface area (Å²) in [6, 6.07) is 12.2. The molecular formula is C26H33BrN8O3. The third kappa shape index (κ3) is 6.69. The zero-order valence-corrected chi connectivity index (χ0v) is 23.6. The summed E-state index contributed by atoms with van der Waals surface area (Å²) in [5.41, 5.74) is 1.96. The van der Waals surface area contributed by atoms with Crippen LogP contribution in [0.3, 0.4) is 0 Å². The Labute approximate surface area is 230 Å². The molecule has 1 fully saturated rings. The number of pyridine rings is 1. The van der Waals surface area contributed by atoms with Gasteiger partial charge in [-0.1, -0.05) is 0 Å². The molecule has 0 aliphatic carbocycles. The van der Waals surface area contributed by atoms with Crippen molar-refractivity contribution in [1.82, 2.24) is 24.5 Å². The predicted molar refractivity (Wildman–Crippen MR) is 152 cm³/mol. The number of carbonyl (C=O) groups is 1. The normalized spacial score (nSPS) is 14.0. The number of rotatable bonds is 9. The molecule has 1 aliphatic rings. The van der Waals surface area contributed by atoms with Gasteiger partial charge in [-0.15, -0.1) is 0 Å². The minimum absolute atomic E-state index is 0.153. The summed E-state index contributed by atoms with van der Waals surface area (Å²) in [6.07, 6.45) is 5.47. The molecule has 1 saturated heterocycles. The number of anilines is 5. The molecule has 11 nitrogen and oxygen atoms in total. The fraction of sp³-hybridized carbons (Fsp3) is 0.385. The Morgan fingerprint density at radius 1 is 1.13 bits per heavy atom. The first-order valence-electron chi connectivity index (χ1n) is 12.3. The van der Waals surface area contributed by atoms with E-state index < -0.39 is 0 Å². The van der Waals surface area contributed by atoms with Crippen LogP contribution in [0.15, 0.2) is 58.1 Å². The van der Waals surface area contributed by atoms with E-state index in [2.05, 4.69) is 72.6 Å². The number of benzene rings is 1. The van der Waals surface area contributed by atoms with Gasteiger partial charge in [0.25, 0.3) is 11.5 Å². The Bertz CT molecular complexity index is 1310. The minimum Gasteiger partial charge on any atom is -0.371 e. The van der Waals surface area contributed by atoms with Crippen molar-refractivity contribution in [3.8, 4) is 0 Å². The second kappa shape index (κ2) is 12.4. The van der Waals surface area contributed by atoms with Crippen LogP contribution in [0.25, 0.3) is 0 Å². The van der Waals surface area contributed by atoms with E-state index in [1.165, 1.54) is 24.4 Å². The molecule has 38 heavy (non-hydrogen) atoms. The molecule has 1 amide bonds. The maximum absolute atomic E-state index is 12.9. The highest BCUT2D eigenvalue weighted by Crippen LogP contribution is 2.26. The lowest BCUT2D eigenvalue weighted by Gasteiger charge is -2.36. The number of hydrogen-bond donors (Lipinski definition) is 2. The Morgan fingerprint density at radius 2 is 1.84 bits per heavy atom. The van der Waals surface area contributed by atoms with Gasteiger partial charge in [0.05, 0.1) is 11.6 Å². The van der Waals surface area contributed by atoms with Crippen molar-refractivity contribution in [2.45, 2.75) is 25.4 Å². The van der Waals surface area contributed by atoms with Crippen molar-refractivity contribution in [3.05, 3.63) is 63.6 Å². The van der Waals surface area contributed by atoms with Crippen molar-refractivity contribution >= 4 is 50.7 Å². The monoisotopic (exact) mass is 584 g/mol. The molecule has 0 bridgehead atoms. The average molecular weight is 586 g/mol. The molecule has 0 radical (unpaired) electrons. The minimum atomic E-state index is -0.365. The molecule has 2 aromatic heterocycles. The third-order valence-corrected chi connectivity index (χ3v) is 7.21. The van der Waals surface area contributed by atoms with Gasteiger partial charge in [0.15, 0.2) is 5.82 Å². The molecule has 2 N–H and O–H groups in total. The lowest BCUT2D eigenvalue weighted by molar-refractivity contribution is -0.169. The van der Waals surface area contributed by atoms with Gasteiger partial charge < -0.3 is 25.0 Å². The number of amides is 1. The van der Waals surface area contributed by atoms with Crippen LogP contribution in [0.2, 0.25) is 0 Å². The highest BCUT2D eigenvalue weighted by Gasteiger charge is 2.20. The zero-order chi connectivity index (χ0) is 27.2. The molecule has 4 rings (SSSR count). The predicted octanol–water partition coefficient (Wildman–Crippen LogP) is 3.44. The van der Waals surface area contributed by atoms with Gasteiger partial charge in [0.2, 0.25) is 5.95 Å². The maximum Gasteiger partial charge on any atom is 0.274 e. The van der Waals surface area contributed by atoms with E-state index in [0.29, 0.717) is 22.3 Å². The number of hydroxylamine groups is 2. The molecule has 12 heteroatoms. The number of aromatic nitrogens is 3. The second-order valence-electron chi connectivity index (χ2n) is 9.30. The summed E-state index contributed by atoms with van der Waals surface area (Å²) >= 11 is 3.44. The summed E-state index contributed by atoms with van der Waals surface area (Å²) in [7, 11) is 7.17. The van der Waals surface area contributed by atoms with E-state index in [1.807, 2.05) is 12.1 Å². The van der Waals surface area contributed by atoms with Crippen molar-refractivity contribution < 1.29 is 9.63 Å². The lowest BCUT2D eigenvalue weighted by atomic mass is 10.0. The number of piperidine rings is 1. The molecule has 0 unspecified atom stereocenters. The SMILES string of the molecule is CON(C)C(=O)Cn1cccc(Nc2nc(Nc3ccc(N4CCC(N(C)C)CC4)cc3)ncc2Br)c1=O. The second-order valence-corrected chi connectivity index (χ2v) is 10.2. The molecule has 1 aromatic carbocycles. The first-order chi connectivity index (χ1) is 18.2. The molecule has 1 aliphatic heterocycles. The van der Waals surface area contributed by atoms with Gasteiger partial charge in [0, 0.05) is 49.9 Å². The van der Waals surface area contributed by atoms with Crippen LogP contribution >= 0.6 is 15.9 Å². The average Bonchev–Trinajstić information content (AvgIpc) is 2.92. The van der Waals surface area contributed by atoms with Gasteiger partial charge in [0.1, 0.15) is 12.2 Å². The summed E-state index contributed by atoms with van der Waals surface area (Å²) in [6.45, 7) is 1.93. The summed E-state index contributed by atoms with van der Waals surface area (Å²) in [4.78, 5) is 43.6. The van der Waals surface area contributed by atoms with Crippen LogP contribution < -0.4 is 21.1 Å². The van der Waals surface area contributed by atoms with Crippen LogP contribution in [-0.4, -0.2) is 77.8 Å². The number of carbonyl (C=O) groups excluding carboxylic acids is 1. The smallest absolute Gasteiger partial charge is 0.274 e. The number of nitrogens with zero attached hydrogens (tertiary/aromatic N) is 6. The van der Waals surface area contributed by atoms with Crippen molar-refractivity contribution in [2.75, 3.05) is 56.9 Å². The van der Waals surface area contributed by atoms with Crippen LogP contribution in [0.5, 0.6) is 0 Å². The Kier molecular flexibility index (Phi) is 8.97. The first kappa shape index (κ1) is 27.6.